The van der Waals surface area contributed by atoms with Gasteiger partial charge in [0.1, 0.15) is 11.5 Å². The molecule has 0 aromatic carbocycles. The fourth-order valence-electron chi connectivity index (χ4n) is 3.15. The zero-order valence-corrected chi connectivity index (χ0v) is 9.60. The van der Waals surface area contributed by atoms with Crippen molar-refractivity contribution in [2.24, 2.45) is 11.8 Å². The number of rotatable bonds is 2. The van der Waals surface area contributed by atoms with E-state index in [4.69, 9.17) is 5.73 Å². The van der Waals surface area contributed by atoms with E-state index in [-0.39, 0.29) is 11.7 Å². The van der Waals surface area contributed by atoms with E-state index in [1.165, 1.54) is 31.7 Å². The fourth-order valence-corrected chi connectivity index (χ4v) is 3.15. The van der Waals surface area contributed by atoms with Crippen LogP contribution < -0.4 is 11.1 Å². The normalized spacial score (nSPS) is 30.5. The second kappa shape index (κ2) is 3.98. The van der Waals surface area contributed by atoms with Crippen LogP contribution in [0.3, 0.4) is 0 Å². The van der Waals surface area contributed by atoms with Crippen LogP contribution in [0, 0.1) is 11.8 Å². The van der Waals surface area contributed by atoms with E-state index >= 15 is 0 Å². The van der Waals surface area contributed by atoms with E-state index in [9.17, 15) is 4.79 Å². The van der Waals surface area contributed by atoms with E-state index in [2.05, 4.69) is 15.3 Å². The number of hydrogen-bond donors (Lipinski definition) is 2. The molecule has 5 heteroatoms. The molecule has 0 spiro atoms. The molecule has 17 heavy (non-hydrogen) atoms. The summed E-state index contributed by atoms with van der Waals surface area (Å²) in [6.45, 7) is 0. The van der Waals surface area contributed by atoms with Crippen LogP contribution in [0.25, 0.3) is 0 Å². The number of hydrogen-bond acceptors (Lipinski definition) is 4. The Morgan fingerprint density at radius 3 is 2.88 bits per heavy atom. The summed E-state index contributed by atoms with van der Waals surface area (Å²) in [6, 6.07) is 0.324. The molecule has 3 rings (SSSR count). The average molecular weight is 232 g/mol. The van der Waals surface area contributed by atoms with Gasteiger partial charge in [0.15, 0.2) is 0 Å². The number of nitrogen functional groups attached to an aromatic ring is 1. The molecule has 0 radical (unpaired) electrons. The Hall–Kier alpha value is -1.65. The number of anilines is 1. The number of nitrogens with zero attached hydrogens (tertiary/aromatic N) is 2. The summed E-state index contributed by atoms with van der Waals surface area (Å²) in [5, 5.41) is 3.06. The van der Waals surface area contributed by atoms with Crippen molar-refractivity contribution >= 4 is 11.7 Å². The van der Waals surface area contributed by atoms with Gasteiger partial charge in [0.05, 0.1) is 12.4 Å². The lowest BCUT2D eigenvalue weighted by atomic mass is 9.95. The minimum Gasteiger partial charge on any atom is -0.382 e. The van der Waals surface area contributed by atoms with Crippen LogP contribution in [0.1, 0.15) is 36.2 Å². The molecule has 1 amide bonds. The summed E-state index contributed by atoms with van der Waals surface area (Å²) in [5.74, 6) is 1.61. The number of carbonyl (C=O) groups is 1. The maximum atomic E-state index is 12.0. The number of fused-ring (bicyclic) bond motifs is 2. The highest BCUT2D eigenvalue weighted by atomic mass is 16.2. The van der Waals surface area contributed by atoms with Gasteiger partial charge in [-0.3, -0.25) is 9.78 Å². The van der Waals surface area contributed by atoms with Gasteiger partial charge >= 0.3 is 0 Å². The zero-order valence-electron chi connectivity index (χ0n) is 9.60. The second-order valence-corrected chi connectivity index (χ2v) is 5.08. The third kappa shape index (κ3) is 1.97. The van der Waals surface area contributed by atoms with Gasteiger partial charge in [-0.2, -0.15) is 0 Å². The molecule has 2 aliphatic carbocycles. The lowest BCUT2D eigenvalue weighted by molar-refractivity contribution is 0.0917. The summed E-state index contributed by atoms with van der Waals surface area (Å²) in [6.07, 6.45) is 7.86. The number of carbonyl (C=O) groups excluding carboxylic acids is 1. The standard InChI is InChI=1S/C12H16N4O/c13-11-6-14-5-10(15-11)12(17)16-9-4-7-1-2-8(9)3-7/h5-9H,1-4H2,(H2,13,15)(H,16,17). The quantitative estimate of drug-likeness (QED) is 0.796. The molecular weight excluding hydrogens is 216 g/mol. The highest BCUT2D eigenvalue weighted by Crippen LogP contribution is 2.44. The van der Waals surface area contributed by atoms with Crippen LogP contribution in [-0.4, -0.2) is 21.9 Å². The Morgan fingerprint density at radius 1 is 1.35 bits per heavy atom. The fraction of sp³-hybridized carbons (Fsp3) is 0.583. The molecule has 2 aliphatic rings. The van der Waals surface area contributed by atoms with Crippen LogP contribution in [0.2, 0.25) is 0 Å². The van der Waals surface area contributed by atoms with Gasteiger partial charge in [-0.05, 0) is 31.1 Å². The Bertz CT molecular complexity index is 448. The van der Waals surface area contributed by atoms with E-state index in [0.717, 1.165) is 12.3 Å². The molecule has 3 atom stereocenters. The number of nitrogens with two attached hydrogens (primary N) is 1. The molecular formula is C12H16N4O. The molecule has 1 aromatic rings. The molecule has 90 valence electrons. The first-order valence-corrected chi connectivity index (χ1v) is 6.11. The molecule has 3 N–H and O–H groups in total. The molecule has 0 saturated heterocycles. The Labute approximate surface area is 99.8 Å². The van der Waals surface area contributed by atoms with E-state index in [0.29, 0.717) is 17.7 Å². The maximum Gasteiger partial charge on any atom is 0.271 e. The minimum atomic E-state index is -0.151. The predicted molar refractivity (Wildman–Crippen MR) is 63.1 cm³/mol. The van der Waals surface area contributed by atoms with Crippen LogP contribution in [-0.2, 0) is 0 Å². The van der Waals surface area contributed by atoms with Crippen molar-refractivity contribution in [2.75, 3.05) is 5.73 Å². The Kier molecular flexibility index (Phi) is 2.46. The van der Waals surface area contributed by atoms with Crippen molar-refractivity contribution in [3.05, 3.63) is 18.1 Å². The first-order valence-electron chi connectivity index (χ1n) is 6.11. The molecule has 2 saturated carbocycles. The Balaban J connectivity index is 1.68. The molecule has 3 unspecified atom stereocenters. The predicted octanol–water partition coefficient (Wildman–Crippen LogP) is 0.977. The summed E-state index contributed by atoms with van der Waals surface area (Å²) in [5.41, 5.74) is 5.82. The van der Waals surface area contributed by atoms with Crippen molar-refractivity contribution in [1.29, 1.82) is 0 Å². The van der Waals surface area contributed by atoms with Crippen molar-refractivity contribution in [3.8, 4) is 0 Å². The molecule has 5 nitrogen and oxygen atoms in total. The van der Waals surface area contributed by atoms with E-state index < -0.39 is 0 Å². The first kappa shape index (κ1) is 10.5. The van der Waals surface area contributed by atoms with Crippen LogP contribution >= 0.6 is 0 Å². The monoisotopic (exact) mass is 232 g/mol. The van der Waals surface area contributed by atoms with Gasteiger partial charge in [0.25, 0.3) is 5.91 Å². The second-order valence-electron chi connectivity index (χ2n) is 5.08. The summed E-state index contributed by atoms with van der Waals surface area (Å²) >= 11 is 0. The van der Waals surface area contributed by atoms with Gasteiger partial charge in [-0.15, -0.1) is 0 Å². The summed E-state index contributed by atoms with van der Waals surface area (Å²) in [7, 11) is 0. The molecule has 1 aromatic heterocycles. The summed E-state index contributed by atoms with van der Waals surface area (Å²) < 4.78 is 0. The maximum absolute atomic E-state index is 12.0. The van der Waals surface area contributed by atoms with Gasteiger partial charge in [0, 0.05) is 6.04 Å². The van der Waals surface area contributed by atoms with Crippen LogP contribution in [0.5, 0.6) is 0 Å². The van der Waals surface area contributed by atoms with Crippen molar-refractivity contribution in [2.45, 2.75) is 31.7 Å². The average Bonchev–Trinajstić information content (AvgIpc) is 2.91. The smallest absolute Gasteiger partial charge is 0.271 e. The lowest BCUT2D eigenvalue weighted by Crippen LogP contribution is -2.38. The van der Waals surface area contributed by atoms with Crippen molar-refractivity contribution < 1.29 is 4.79 Å². The van der Waals surface area contributed by atoms with Crippen molar-refractivity contribution in [1.82, 2.24) is 15.3 Å². The number of amides is 1. The van der Waals surface area contributed by atoms with Gasteiger partial charge in [0.2, 0.25) is 0 Å². The third-order valence-electron chi connectivity index (χ3n) is 3.94. The lowest BCUT2D eigenvalue weighted by Gasteiger charge is -2.22. The van der Waals surface area contributed by atoms with E-state index in [1.54, 1.807) is 0 Å². The SMILES string of the molecule is Nc1cncc(C(=O)NC2CC3CCC2C3)n1. The largest absolute Gasteiger partial charge is 0.382 e. The molecule has 0 aliphatic heterocycles. The van der Waals surface area contributed by atoms with Crippen LogP contribution in [0.15, 0.2) is 12.4 Å². The highest BCUT2D eigenvalue weighted by Gasteiger charge is 2.40. The third-order valence-corrected chi connectivity index (χ3v) is 3.94. The topological polar surface area (TPSA) is 80.9 Å². The molecule has 1 heterocycles. The van der Waals surface area contributed by atoms with Gasteiger partial charge < -0.3 is 11.1 Å². The summed E-state index contributed by atoms with van der Waals surface area (Å²) in [4.78, 5) is 19.8. The number of aromatic nitrogens is 2. The molecule has 2 bridgehead atoms. The van der Waals surface area contributed by atoms with Gasteiger partial charge in [-0.1, -0.05) is 6.42 Å². The van der Waals surface area contributed by atoms with Crippen molar-refractivity contribution in [3.63, 3.8) is 0 Å². The van der Waals surface area contributed by atoms with Crippen LogP contribution in [0.4, 0.5) is 5.82 Å². The minimum absolute atomic E-state index is 0.151. The van der Waals surface area contributed by atoms with E-state index in [1.807, 2.05) is 0 Å². The Morgan fingerprint density at radius 2 is 2.24 bits per heavy atom. The first-order chi connectivity index (χ1) is 8.22. The highest BCUT2D eigenvalue weighted by molar-refractivity contribution is 5.92. The zero-order chi connectivity index (χ0) is 11.8. The number of nitrogens with one attached hydrogen (secondary N) is 1. The molecule has 2 fully saturated rings. The van der Waals surface area contributed by atoms with Gasteiger partial charge in [-0.25, -0.2) is 4.98 Å².